The minimum atomic E-state index is -0.444. The Morgan fingerprint density at radius 3 is 2.54 bits per heavy atom. The number of aromatic nitrogens is 3. The van der Waals surface area contributed by atoms with E-state index in [0.29, 0.717) is 23.6 Å². The highest BCUT2D eigenvalue weighted by atomic mass is 32.2. The summed E-state index contributed by atoms with van der Waals surface area (Å²) in [6.07, 6.45) is 1.82. The van der Waals surface area contributed by atoms with Crippen molar-refractivity contribution in [2.45, 2.75) is 50.6 Å². The van der Waals surface area contributed by atoms with Gasteiger partial charge >= 0.3 is 5.63 Å². The van der Waals surface area contributed by atoms with Crippen LogP contribution in [0.1, 0.15) is 38.8 Å². The van der Waals surface area contributed by atoms with Gasteiger partial charge in [0.05, 0.1) is 0 Å². The lowest BCUT2D eigenvalue weighted by atomic mass is 9.87. The van der Waals surface area contributed by atoms with Crippen molar-refractivity contribution < 1.29 is 9.21 Å². The quantitative estimate of drug-likeness (QED) is 0.201. The summed E-state index contributed by atoms with van der Waals surface area (Å²) in [6.45, 7) is 12.4. The maximum Gasteiger partial charge on any atom is 0.336 e. The number of rotatable bonds is 7. The maximum atomic E-state index is 12.2. The number of carbonyl (C=O) groups excluding carboxylic acids is 1. The highest BCUT2D eigenvalue weighted by Gasteiger charge is 2.17. The van der Waals surface area contributed by atoms with E-state index >= 15 is 0 Å². The lowest BCUT2D eigenvalue weighted by Crippen LogP contribution is -2.10. The van der Waals surface area contributed by atoms with Crippen LogP contribution in [0.2, 0.25) is 0 Å². The molecule has 4 rings (SSSR count). The van der Waals surface area contributed by atoms with Gasteiger partial charge in [-0.15, -0.1) is 16.8 Å². The van der Waals surface area contributed by atoms with E-state index in [2.05, 4.69) is 67.1 Å². The first kappa shape index (κ1) is 24.5. The third-order valence-corrected chi connectivity index (χ3v) is 6.56. The second-order valence-electron chi connectivity index (χ2n) is 9.30. The van der Waals surface area contributed by atoms with Crippen LogP contribution in [0.15, 0.2) is 75.6 Å². The Bertz CT molecular complexity index is 1450. The fraction of sp³-hybridized carbons (Fsp3) is 0.259. The highest BCUT2D eigenvalue weighted by molar-refractivity contribution is 7.98. The van der Waals surface area contributed by atoms with Gasteiger partial charge in [0.15, 0.2) is 11.0 Å². The Morgan fingerprint density at radius 2 is 1.89 bits per heavy atom. The minimum Gasteiger partial charge on any atom is -0.423 e. The van der Waals surface area contributed by atoms with Crippen molar-refractivity contribution in [2.24, 2.45) is 0 Å². The van der Waals surface area contributed by atoms with Gasteiger partial charge in [-0.1, -0.05) is 62.9 Å². The van der Waals surface area contributed by atoms with E-state index in [1.165, 1.54) is 30.3 Å². The van der Waals surface area contributed by atoms with Gasteiger partial charge in [-0.25, -0.2) is 4.79 Å². The van der Waals surface area contributed by atoms with Crippen LogP contribution >= 0.6 is 11.8 Å². The molecule has 0 fully saturated rings. The number of amides is 1. The van der Waals surface area contributed by atoms with Gasteiger partial charge in [0.2, 0.25) is 5.91 Å². The molecule has 0 unspecified atom stereocenters. The molecule has 0 saturated carbocycles. The van der Waals surface area contributed by atoms with Crippen LogP contribution in [0.4, 0.5) is 5.69 Å². The SMILES string of the molecule is C=CCn1c(SCc2cc(=O)oc3cc(NC(C)=O)ccc23)nnc1-c1ccc(C(C)(C)C)cc1. The van der Waals surface area contributed by atoms with Gasteiger partial charge in [-0.3, -0.25) is 9.36 Å². The Hall–Kier alpha value is -3.65. The predicted octanol–water partition coefficient (Wildman–Crippen LogP) is 5.79. The summed E-state index contributed by atoms with van der Waals surface area (Å²) >= 11 is 1.49. The zero-order valence-electron chi connectivity index (χ0n) is 20.3. The number of benzene rings is 2. The van der Waals surface area contributed by atoms with Gasteiger partial charge in [-0.05, 0) is 28.7 Å². The lowest BCUT2D eigenvalue weighted by Gasteiger charge is -2.19. The maximum absolute atomic E-state index is 12.2. The van der Waals surface area contributed by atoms with Crippen LogP contribution in [0, 0.1) is 0 Å². The molecule has 7 nitrogen and oxygen atoms in total. The first-order valence-corrected chi connectivity index (χ1v) is 12.3. The standard InChI is InChI=1S/C27H28N4O3S/c1-6-13-31-25(18-7-9-20(10-8-18)27(3,4)5)29-30-26(31)35-16-19-14-24(33)34-23-15-21(28-17(2)32)11-12-22(19)23/h6-12,14-15H,1,13,16H2,2-5H3,(H,28,32). The van der Waals surface area contributed by atoms with Crippen LogP contribution in [-0.2, 0) is 22.5 Å². The molecular formula is C27H28N4O3S. The fourth-order valence-electron chi connectivity index (χ4n) is 3.79. The van der Waals surface area contributed by atoms with Gasteiger partial charge in [-0.2, -0.15) is 0 Å². The zero-order valence-corrected chi connectivity index (χ0v) is 21.1. The first-order chi connectivity index (χ1) is 16.7. The molecule has 0 spiro atoms. The summed E-state index contributed by atoms with van der Waals surface area (Å²) in [7, 11) is 0. The Balaban J connectivity index is 1.63. The zero-order chi connectivity index (χ0) is 25.2. The summed E-state index contributed by atoms with van der Waals surface area (Å²) in [4.78, 5) is 23.6. The molecular weight excluding hydrogens is 460 g/mol. The molecule has 2 aromatic carbocycles. The monoisotopic (exact) mass is 488 g/mol. The predicted molar refractivity (Wildman–Crippen MR) is 141 cm³/mol. The summed E-state index contributed by atoms with van der Waals surface area (Å²) < 4.78 is 7.39. The largest absolute Gasteiger partial charge is 0.423 e. The highest BCUT2D eigenvalue weighted by Crippen LogP contribution is 2.31. The number of carbonyl (C=O) groups is 1. The van der Waals surface area contributed by atoms with Crippen LogP contribution < -0.4 is 10.9 Å². The molecule has 180 valence electrons. The normalized spacial score (nSPS) is 11.5. The van der Waals surface area contributed by atoms with Gasteiger partial charge in [0.1, 0.15) is 5.58 Å². The number of thioether (sulfide) groups is 1. The van der Waals surface area contributed by atoms with Gasteiger partial charge < -0.3 is 9.73 Å². The van der Waals surface area contributed by atoms with Crippen molar-refractivity contribution in [2.75, 3.05) is 5.32 Å². The smallest absolute Gasteiger partial charge is 0.336 e. The molecule has 0 aliphatic heterocycles. The molecule has 0 bridgehead atoms. The molecule has 0 saturated heterocycles. The molecule has 0 atom stereocenters. The van der Waals surface area contributed by atoms with Crippen molar-refractivity contribution in [1.82, 2.24) is 14.8 Å². The van der Waals surface area contributed by atoms with Crippen LogP contribution in [0.3, 0.4) is 0 Å². The second-order valence-corrected chi connectivity index (χ2v) is 10.2. The summed E-state index contributed by atoms with van der Waals surface area (Å²) in [5, 5.41) is 13.1. The number of hydrogen-bond acceptors (Lipinski definition) is 6. The fourth-order valence-corrected chi connectivity index (χ4v) is 4.73. The summed E-state index contributed by atoms with van der Waals surface area (Å²) in [6, 6.07) is 15.2. The Morgan fingerprint density at radius 1 is 1.14 bits per heavy atom. The van der Waals surface area contributed by atoms with E-state index < -0.39 is 5.63 Å². The van der Waals surface area contributed by atoms with Crippen LogP contribution in [0.5, 0.6) is 0 Å². The van der Waals surface area contributed by atoms with E-state index in [9.17, 15) is 9.59 Å². The van der Waals surface area contributed by atoms with Crippen molar-refractivity contribution in [3.63, 3.8) is 0 Å². The van der Waals surface area contributed by atoms with E-state index in [1.54, 1.807) is 12.1 Å². The molecule has 1 N–H and O–H groups in total. The van der Waals surface area contributed by atoms with Crippen molar-refractivity contribution in [3.05, 3.63) is 82.7 Å². The van der Waals surface area contributed by atoms with Crippen molar-refractivity contribution >= 4 is 34.3 Å². The summed E-state index contributed by atoms with van der Waals surface area (Å²) in [5.74, 6) is 1.08. The van der Waals surface area contributed by atoms with Crippen molar-refractivity contribution in [1.29, 1.82) is 0 Å². The number of fused-ring (bicyclic) bond motifs is 1. The van der Waals surface area contributed by atoms with Gasteiger partial charge in [0, 0.05) is 48.0 Å². The number of anilines is 1. The van der Waals surface area contributed by atoms with Crippen molar-refractivity contribution in [3.8, 4) is 11.4 Å². The third kappa shape index (κ3) is 5.54. The van der Waals surface area contributed by atoms with E-state index in [0.717, 1.165) is 27.5 Å². The van der Waals surface area contributed by atoms with E-state index in [4.69, 9.17) is 4.42 Å². The number of nitrogens with one attached hydrogen (secondary N) is 1. The second kappa shape index (κ2) is 9.92. The molecule has 2 aromatic heterocycles. The Kier molecular flexibility index (Phi) is 6.93. The average molecular weight is 489 g/mol. The first-order valence-electron chi connectivity index (χ1n) is 11.3. The molecule has 2 heterocycles. The number of allylic oxidation sites excluding steroid dienone is 1. The third-order valence-electron chi connectivity index (χ3n) is 5.54. The molecule has 0 aliphatic rings. The van der Waals surface area contributed by atoms with E-state index in [-0.39, 0.29) is 11.3 Å². The lowest BCUT2D eigenvalue weighted by molar-refractivity contribution is -0.114. The molecule has 4 aromatic rings. The molecule has 35 heavy (non-hydrogen) atoms. The molecule has 1 amide bonds. The Labute approximate surface area is 208 Å². The van der Waals surface area contributed by atoms with Crippen LogP contribution in [-0.4, -0.2) is 20.7 Å². The topological polar surface area (TPSA) is 90.0 Å². The number of nitrogens with zero attached hydrogens (tertiary/aromatic N) is 3. The average Bonchev–Trinajstić information content (AvgIpc) is 3.19. The van der Waals surface area contributed by atoms with E-state index in [1.807, 2.05) is 16.7 Å². The van der Waals surface area contributed by atoms with Gasteiger partial charge in [0.25, 0.3) is 0 Å². The molecule has 0 radical (unpaired) electrons. The van der Waals surface area contributed by atoms with Crippen LogP contribution in [0.25, 0.3) is 22.4 Å². The summed E-state index contributed by atoms with van der Waals surface area (Å²) in [5.41, 5.74) is 3.68. The molecule has 8 heteroatoms. The minimum absolute atomic E-state index is 0.0718. The number of hydrogen-bond donors (Lipinski definition) is 1. The molecule has 0 aliphatic carbocycles.